The normalized spacial score (nSPS) is 14.1. The molecule has 0 radical (unpaired) electrons. The Kier molecular flexibility index (Phi) is 4.98. The second kappa shape index (κ2) is 6.92. The van der Waals surface area contributed by atoms with Gasteiger partial charge >= 0.3 is 11.8 Å². The Morgan fingerprint density at radius 2 is 1.86 bits per heavy atom. The Morgan fingerprint density at radius 3 is 2.52 bits per heavy atom. The Balaban J connectivity index is 1.85. The highest BCUT2D eigenvalue weighted by Gasteiger charge is 2.14. The molecule has 0 unspecified atom stereocenters. The van der Waals surface area contributed by atoms with Gasteiger partial charge in [-0.2, -0.15) is 0 Å². The van der Waals surface area contributed by atoms with Gasteiger partial charge in [-0.3, -0.25) is 15.0 Å². The van der Waals surface area contributed by atoms with Crippen molar-refractivity contribution in [2.75, 3.05) is 5.32 Å². The van der Waals surface area contributed by atoms with E-state index in [9.17, 15) is 9.59 Å². The number of hydrogen-bond acceptors (Lipinski definition) is 3. The van der Waals surface area contributed by atoms with Gasteiger partial charge in [-0.1, -0.05) is 12.1 Å². The first-order valence-electron chi connectivity index (χ1n) is 7.20. The second-order valence-corrected chi connectivity index (χ2v) is 5.31. The summed E-state index contributed by atoms with van der Waals surface area (Å²) in [6.45, 7) is 3.96. The molecule has 0 atom stereocenters. The van der Waals surface area contributed by atoms with Crippen LogP contribution in [0.15, 0.2) is 30.0 Å². The van der Waals surface area contributed by atoms with E-state index < -0.39 is 11.8 Å². The van der Waals surface area contributed by atoms with Crippen molar-refractivity contribution >= 4 is 17.5 Å². The van der Waals surface area contributed by atoms with E-state index in [1.165, 1.54) is 6.42 Å². The van der Waals surface area contributed by atoms with Crippen LogP contribution in [-0.4, -0.2) is 11.8 Å². The zero-order valence-corrected chi connectivity index (χ0v) is 12.5. The van der Waals surface area contributed by atoms with E-state index in [-0.39, 0.29) is 0 Å². The molecule has 2 rings (SSSR count). The van der Waals surface area contributed by atoms with Crippen molar-refractivity contribution in [3.05, 3.63) is 41.1 Å². The largest absolute Gasteiger partial charge is 0.327 e. The molecule has 2 amide bonds. The SMILES string of the molecule is Cc1ccc(NC(=O)C(=O)NNC2=CCCCC2)cc1C. The van der Waals surface area contributed by atoms with E-state index in [0.717, 1.165) is 36.1 Å². The van der Waals surface area contributed by atoms with E-state index in [4.69, 9.17) is 0 Å². The summed E-state index contributed by atoms with van der Waals surface area (Å²) >= 11 is 0. The molecule has 3 N–H and O–H groups in total. The maximum atomic E-state index is 11.8. The molecule has 0 saturated carbocycles. The van der Waals surface area contributed by atoms with Crippen LogP contribution in [0.4, 0.5) is 5.69 Å². The van der Waals surface area contributed by atoms with Crippen LogP contribution < -0.4 is 16.2 Å². The Morgan fingerprint density at radius 1 is 1.05 bits per heavy atom. The molecule has 0 heterocycles. The molecule has 0 aliphatic heterocycles. The third kappa shape index (κ3) is 4.34. The summed E-state index contributed by atoms with van der Waals surface area (Å²) in [5.74, 6) is -1.37. The zero-order chi connectivity index (χ0) is 15.2. The molecular formula is C16H21N3O2. The molecule has 1 aromatic carbocycles. The molecule has 0 fully saturated rings. The number of allylic oxidation sites excluding steroid dienone is 2. The zero-order valence-electron chi connectivity index (χ0n) is 12.5. The summed E-state index contributed by atoms with van der Waals surface area (Å²) in [6.07, 6.45) is 6.23. The Labute approximate surface area is 124 Å². The lowest BCUT2D eigenvalue weighted by molar-refractivity contribution is -0.136. The predicted octanol–water partition coefficient (Wildman–Crippen LogP) is 2.32. The summed E-state index contributed by atoms with van der Waals surface area (Å²) in [5, 5.41) is 2.59. The van der Waals surface area contributed by atoms with Crippen LogP contribution in [0, 0.1) is 13.8 Å². The maximum absolute atomic E-state index is 11.8. The molecule has 0 aromatic heterocycles. The average molecular weight is 287 g/mol. The van der Waals surface area contributed by atoms with Crippen molar-refractivity contribution in [2.45, 2.75) is 39.5 Å². The minimum absolute atomic E-state index is 0.620. The van der Waals surface area contributed by atoms with Gasteiger partial charge < -0.3 is 10.7 Å². The molecule has 1 aromatic rings. The van der Waals surface area contributed by atoms with Gasteiger partial charge in [-0.05, 0) is 62.8 Å². The van der Waals surface area contributed by atoms with E-state index in [1.807, 2.05) is 32.1 Å². The van der Waals surface area contributed by atoms with Gasteiger partial charge in [0.2, 0.25) is 0 Å². The van der Waals surface area contributed by atoms with Crippen molar-refractivity contribution in [1.29, 1.82) is 0 Å². The van der Waals surface area contributed by atoms with E-state index >= 15 is 0 Å². The lowest BCUT2D eigenvalue weighted by Gasteiger charge is -2.15. The van der Waals surface area contributed by atoms with Crippen LogP contribution in [-0.2, 0) is 9.59 Å². The minimum Gasteiger partial charge on any atom is -0.318 e. The summed E-state index contributed by atoms with van der Waals surface area (Å²) < 4.78 is 0. The van der Waals surface area contributed by atoms with E-state index in [2.05, 4.69) is 16.2 Å². The van der Waals surface area contributed by atoms with Gasteiger partial charge in [0.25, 0.3) is 0 Å². The topological polar surface area (TPSA) is 70.2 Å². The molecule has 1 aliphatic carbocycles. The number of rotatable bonds is 3. The number of carbonyl (C=O) groups excluding carboxylic acids is 2. The third-order valence-corrected chi connectivity index (χ3v) is 3.60. The monoisotopic (exact) mass is 287 g/mol. The van der Waals surface area contributed by atoms with Gasteiger partial charge in [0.15, 0.2) is 0 Å². The Hall–Kier alpha value is -2.30. The standard InChI is InChI=1S/C16H21N3O2/c1-11-8-9-14(10-12(11)2)17-15(20)16(21)19-18-13-6-4-3-5-7-13/h6,8-10,18H,3-5,7H2,1-2H3,(H,17,20)(H,19,21). The fourth-order valence-corrected chi connectivity index (χ4v) is 2.15. The van der Waals surface area contributed by atoms with Crippen molar-refractivity contribution < 1.29 is 9.59 Å². The van der Waals surface area contributed by atoms with Gasteiger partial charge in [0.05, 0.1) is 0 Å². The number of amides is 2. The number of carbonyl (C=O) groups is 2. The number of hydrogen-bond donors (Lipinski definition) is 3. The summed E-state index contributed by atoms with van der Waals surface area (Å²) in [5.41, 5.74) is 9.04. The molecule has 1 aliphatic rings. The number of aryl methyl sites for hydroxylation is 2. The Bertz CT molecular complexity index is 579. The first kappa shape index (κ1) is 15.1. The summed E-state index contributed by atoms with van der Waals surface area (Å²) in [6, 6.07) is 5.54. The lowest BCUT2D eigenvalue weighted by atomic mass is 10.1. The number of nitrogens with one attached hydrogen (secondary N) is 3. The van der Waals surface area contributed by atoms with Crippen molar-refractivity contribution in [1.82, 2.24) is 10.9 Å². The van der Waals surface area contributed by atoms with Crippen LogP contribution in [0.2, 0.25) is 0 Å². The van der Waals surface area contributed by atoms with Crippen molar-refractivity contribution in [3.8, 4) is 0 Å². The fraction of sp³-hybridized carbons (Fsp3) is 0.375. The highest BCUT2D eigenvalue weighted by atomic mass is 16.2. The third-order valence-electron chi connectivity index (χ3n) is 3.60. The second-order valence-electron chi connectivity index (χ2n) is 5.31. The quantitative estimate of drug-likeness (QED) is 0.590. The molecule has 21 heavy (non-hydrogen) atoms. The smallest absolute Gasteiger partial charge is 0.318 e. The molecule has 0 saturated heterocycles. The number of anilines is 1. The van der Waals surface area contributed by atoms with Gasteiger partial charge in [0, 0.05) is 11.4 Å². The van der Waals surface area contributed by atoms with Crippen LogP contribution >= 0.6 is 0 Å². The van der Waals surface area contributed by atoms with E-state index in [0.29, 0.717) is 5.69 Å². The average Bonchev–Trinajstić information content (AvgIpc) is 2.49. The minimum atomic E-state index is -0.695. The van der Waals surface area contributed by atoms with Crippen molar-refractivity contribution in [2.24, 2.45) is 0 Å². The van der Waals surface area contributed by atoms with Crippen LogP contribution in [0.3, 0.4) is 0 Å². The predicted molar refractivity (Wildman–Crippen MR) is 82.4 cm³/mol. The van der Waals surface area contributed by atoms with Gasteiger partial charge in [-0.15, -0.1) is 0 Å². The highest BCUT2D eigenvalue weighted by molar-refractivity contribution is 6.39. The van der Waals surface area contributed by atoms with Crippen LogP contribution in [0.1, 0.15) is 36.8 Å². The van der Waals surface area contributed by atoms with Crippen LogP contribution in [0.5, 0.6) is 0 Å². The van der Waals surface area contributed by atoms with Crippen molar-refractivity contribution in [3.63, 3.8) is 0 Å². The number of hydrazine groups is 1. The van der Waals surface area contributed by atoms with Crippen LogP contribution in [0.25, 0.3) is 0 Å². The molecular weight excluding hydrogens is 266 g/mol. The molecule has 5 nitrogen and oxygen atoms in total. The van der Waals surface area contributed by atoms with E-state index in [1.54, 1.807) is 6.07 Å². The molecule has 0 bridgehead atoms. The number of benzene rings is 1. The molecule has 5 heteroatoms. The first-order valence-corrected chi connectivity index (χ1v) is 7.20. The summed E-state index contributed by atoms with van der Waals surface area (Å²) in [4.78, 5) is 23.5. The highest BCUT2D eigenvalue weighted by Crippen LogP contribution is 2.15. The first-order chi connectivity index (χ1) is 10.1. The molecule has 112 valence electrons. The fourth-order valence-electron chi connectivity index (χ4n) is 2.15. The maximum Gasteiger partial charge on any atom is 0.327 e. The summed E-state index contributed by atoms with van der Waals surface area (Å²) in [7, 11) is 0. The van der Waals surface area contributed by atoms with Gasteiger partial charge in [-0.25, -0.2) is 0 Å². The molecule has 0 spiro atoms. The lowest BCUT2D eigenvalue weighted by Crippen LogP contribution is -2.43. The van der Waals surface area contributed by atoms with Gasteiger partial charge in [0.1, 0.15) is 0 Å².